The zero-order chi connectivity index (χ0) is 19.1. The normalized spacial score (nSPS) is 12.6. The summed E-state index contributed by atoms with van der Waals surface area (Å²) in [5, 5.41) is 0. The lowest BCUT2D eigenvalue weighted by Crippen LogP contribution is -2.23. The summed E-state index contributed by atoms with van der Waals surface area (Å²) in [7, 11) is 0. The van der Waals surface area contributed by atoms with Gasteiger partial charge in [-0.3, -0.25) is 0 Å². The second-order valence-electron chi connectivity index (χ2n) is 7.59. The molecule has 0 aliphatic heterocycles. The molecule has 0 aliphatic carbocycles. The van der Waals surface area contributed by atoms with E-state index in [4.69, 9.17) is 20.9 Å². The Morgan fingerprint density at radius 1 is 0.577 bits per heavy atom. The molecule has 1 atom stereocenters. The average Bonchev–Trinajstić information content (AvgIpc) is 2.65. The first-order valence-electron chi connectivity index (χ1n) is 11.4. The minimum Gasteiger partial charge on any atom is -0.379 e. The van der Waals surface area contributed by atoms with Crippen LogP contribution < -0.4 is 11.5 Å². The predicted molar refractivity (Wildman–Crippen MR) is 114 cm³/mol. The Hall–Kier alpha value is -0.160. The number of rotatable bonds is 22. The standard InChI is InChI=1S/C22H48N2O2/c1-2-3-4-5-6-7-8-9-10-11-12-13-18-25-20-21-26-19-16-22(24)15-14-17-23/h22H,2-21,23-24H2,1H3. The fourth-order valence-corrected chi connectivity index (χ4v) is 3.13. The van der Waals surface area contributed by atoms with E-state index in [0.29, 0.717) is 13.2 Å². The molecule has 0 heterocycles. The molecule has 0 amide bonds. The fourth-order valence-electron chi connectivity index (χ4n) is 3.13. The van der Waals surface area contributed by atoms with Gasteiger partial charge in [0.2, 0.25) is 0 Å². The lowest BCUT2D eigenvalue weighted by atomic mass is 10.1. The van der Waals surface area contributed by atoms with E-state index < -0.39 is 0 Å². The van der Waals surface area contributed by atoms with Gasteiger partial charge >= 0.3 is 0 Å². The van der Waals surface area contributed by atoms with Crippen molar-refractivity contribution in [3.8, 4) is 0 Å². The Morgan fingerprint density at radius 3 is 1.62 bits per heavy atom. The van der Waals surface area contributed by atoms with Crippen LogP contribution in [0.3, 0.4) is 0 Å². The fraction of sp³-hybridized carbons (Fsp3) is 1.00. The highest BCUT2D eigenvalue weighted by Gasteiger charge is 2.01. The van der Waals surface area contributed by atoms with Gasteiger partial charge in [0, 0.05) is 19.3 Å². The SMILES string of the molecule is CCCCCCCCCCCCCCOCCOCCC(N)CCCN. The van der Waals surface area contributed by atoms with Crippen molar-refractivity contribution in [2.75, 3.05) is 33.0 Å². The molecule has 1 unspecified atom stereocenters. The minimum atomic E-state index is 0.223. The minimum absolute atomic E-state index is 0.223. The van der Waals surface area contributed by atoms with Crippen LogP contribution in [0.4, 0.5) is 0 Å². The predicted octanol–water partition coefficient (Wildman–Crippen LogP) is 5.18. The van der Waals surface area contributed by atoms with Crippen LogP contribution in [0.5, 0.6) is 0 Å². The summed E-state index contributed by atoms with van der Waals surface area (Å²) < 4.78 is 11.2. The van der Waals surface area contributed by atoms with E-state index in [1.165, 1.54) is 77.0 Å². The molecule has 0 bridgehead atoms. The van der Waals surface area contributed by atoms with Gasteiger partial charge in [-0.05, 0) is 32.2 Å². The van der Waals surface area contributed by atoms with E-state index in [0.717, 1.165) is 39.0 Å². The Labute approximate surface area is 163 Å². The van der Waals surface area contributed by atoms with Crippen LogP contribution in [0, 0.1) is 0 Å². The third kappa shape index (κ3) is 21.9. The van der Waals surface area contributed by atoms with Gasteiger partial charge in [-0.2, -0.15) is 0 Å². The number of unbranched alkanes of at least 4 members (excludes halogenated alkanes) is 11. The van der Waals surface area contributed by atoms with Gasteiger partial charge < -0.3 is 20.9 Å². The smallest absolute Gasteiger partial charge is 0.0700 e. The maximum atomic E-state index is 5.96. The quantitative estimate of drug-likeness (QED) is 0.257. The van der Waals surface area contributed by atoms with Crippen LogP contribution in [0.1, 0.15) is 103 Å². The van der Waals surface area contributed by atoms with Gasteiger partial charge in [0.25, 0.3) is 0 Å². The van der Waals surface area contributed by atoms with Crippen molar-refractivity contribution < 1.29 is 9.47 Å². The van der Waals surface area contributed by atoms with Crippen LogP contribution in [0.15, 0.2) is 0 Å². The van der Waals surface area contributed by atoms with Crippen molar-refractivity contribution in [1.82, 2.24) is 0 Å². The molecule has 0 saturated carbocycles. The monoisotopic (exact) mass is 372 g/mol. The van der Waals surface area contributed by atoms with Gasteiger partial charge in [-0.1, -0.05) is 77.6 Å². The largest absolute Gasteiger partial charge is 0.379 e. The summed E-state index contributed by atoms with van der Waals surface area (Å²) in [4.78, 5) is 0. The van der Waals surface area contributed by atoms with Crippen molar-refractivity contribution in [1.29, 1.82) is 0 Å². The zero-order valence-corrected chi connectivity index (χ0v) is 17.7. The molecular formula is C22H48N2O2. The van der Waals surface area contributed by atoms with Crippen LogP contribution >= 0.6 is 0 Å². The molecule has 0 aromatic heterocycles. The molecule has 26 heavy (non-hydrogen) atoms. The molecular weight excluding hydrogens is 324 g/mol. The highest BCUT2D eigenvalue weighted by atomic mass is 16.5. The van der Waals surface area contributed by atoms with Crippen molar-refractivity contribution >= 4 is 0 Å². The van der Waals surface area contributed by atoms with E-state index in [9.17, 15) is 0 Å². The molecule has 0 fully saturated rings. The van der Waals surface area contributed by atoms with Gasteiger partial charge in [0.05, 0.1) is 13.2 Å². The number of ether oxygens (including phenoxy) is 2. The van der Waals surface area contributed by atoms with E-state index in [1.54, 1.807) is 0 Å². The second-order valence-corrected chi connectivity index (χ2v) is 7.59. The molecule has 0 spiro atoms. The van der Waals surface area contributed by atoms with Crippen LogP contribution in [0.2, 0.25) is 0 Å². The van der Waals surface area contributed by atoms with E-state index in [1.807, 2.05) is 0 Å². The van der Waals surface area contributed by atoms with Gasteiger partial charge in [-0.15, -0.1) is 0 Å². The maximum Gasteiger partial charge on any atom is 0.0700 e. The molecule has 0 saturated heterocycles. The summed E-state index contributed by atoms with van der Waals surface area (Å²) in [5.41, 5.74) is 11.4. The van der Waals surface area contributed by atoms with E-state index in [-0.39, 0.29) is 6.04 Å². The molecule has 158 valence electrons. The highest BCUT2D eigenvalue weighted by molar-refractivity contribution is 4.60. The molecule has 0 aromatic rings. The molecule has 4 nitrogen and oxygen atoms in total. The first-order valence-corrected chi connectivity index (χ1v) is 11.4. The van der Waals surface area contributed by atoms with Crippen molar-refractivity contribution in [3.63, 3.8) is 0 Å². The van der Waals surface area contributed by atoms with Crippen molar-refractivity contribution in [3.05, 3.63) is 0 Å². The average molecular weight is 373 g/mol. The number of hydrogen-bond acceptors (Lipinski definition) is 4. The zero-order valence-electron chi connectivity index (χ0n) is 17.7. The van der Waals surface area contributed by atoms with Gasteiger partial charge in [0.15, 0.2) is 0 Å². The summed E-state index contributed by atoms with van der Waals surface area (Å²) in [6.07, 6.45) is 19.5. The Bertz CT molecular complexity index is 252. The number of nitrogens with two attached hydrogens (primary N) is 2. The summed E-state index contributed by atoms with van der Waals surface area (Å²) in [5.74, 6) is 0. The maximum absolute atomic E-state index is 5.96. The van der Waals surface area contributed by atoms with Crippen LogP contribution in [-0.4, -0.2) is 39.0 Å². The lowest BCUT2D eigenvalue weighted by molar-refractivity contribution is 0.0437. The highest BCUT2D eigenvalue weighted by Crippen LogP contribution is 2.11. The second kappa shape index (κ2) is 22.9. The Morgan fingerprint density at radius 2 is 1.08 bits per heavy atom. The molecule has 0 radical (unpaired) electrons. The third-order valence-electron chi connectivity index (χ3n) is 4.93. The van der Waals surface area contributed by atoms with Crippen molar-refractivity contribution in [2.45, 2.75) is 109 Å². The Kier molecular flexibility index (Phi) is 22.7. The molecule has 0 rings (SSSR count). The van der Waals surface area contributed by atoms with Gasteiger partial charge in [0.1, 0.15) is 0 Å². The third-order valence-corrected chi connectivity index (χ3v) is 4.93. The first kappa shape index (κ1) is 25.8. The summed E-state index contributed by atoms with van der Waals surface area (Å²) in [6, 6.07) is 0.223. The Balaban J connectivity index is 3.03. The van der Waals surface area contributed by atoms with E-state index in [2.05, 4.69) is 6.92 Å². The van der Waals surface area contributed by atoms with Crippen LogP contribution in [-0.2, 0) is 9.47 Å². The van der Waals surface area contributed by atoms with E-state index >= 15 is 0 Å². The topological polar surface area (TPSA) is 70.5 Å². The summed E-state index contributed by atoms with van der Waals surface area (Å²) in [6.45, 7) is 5.99. The van der Waals surface area contributed by atoms with Crippen molar-refractivity contribution in [2.24, 2.45) is 11.5 Å². The molecule has 4 heteroatoms. The molecule has 0 aliphatic rings. The lowest BCUT2D eigenvalue weighted by Gasteiger charge is -2.11. The summed E-state index contributed by atoms with van der Waals surface area (Å²) >= 11 is 0. The number of hydrogen-bond donors (Lipinski definition) is 2. The molecule has 4 N–H and O–H groups in total. The van der Waals surface area contributed by atoms with Crippen LogP contribution in [0.25, 0.3) is 0 Å². The van der Waals surface area contributed by atoms with Gasteiger partial charge in [-0.25, -0.2) is 0 Å². The first-order chi connectivity index (χ1) is 12.8. The molecule has 0 aromatic carbocycles.